The van der Waals surface area contributed by atoms with Crippen LogP contribution in [0.4, 0.5) is 0 Å². The van der Waals surface area contributed by atoms with E-state index in [2.05, 4.69) is 65.5 Å². The zero-order valence-corrected chi connectivity index (χ0v) is 16.4. The van der Waals surface area contributed by atoms with Crippen LogP contribution in [-0.4, -0.2) is 29.6 Å². The van der Waals surface area contributed by atoms with E-state index < -0.39 is 0 Å². The summed E-state index contributed by atoms with van der Waals surface area (Å²) in [4.78, 5) is 2.23. The second-order valence-electron chi connectivity index (χ2n) is 7.87. The fourth-order valence-electron chi connectivity index (χ4n) is 4.27. The fourth-order valence-corrected chi connectivity index (χ4v) is 4.27. The molecule has 0 radical (unpaired) electrons. The van der Waals surface area contributed by atoms with Crippen LogP contribution in [0.1, 0.15) is 49.7 Å². The molecule has 0 atom stereocenters. The molecule has 142 valence electrons. The number of fused-ring (bicyclic) bond motifs is 1. The fraction of sp³-hybridized carbons (Fsp3) is 0.478. The Labute approximate surface area is 162 Å². The first kappa shape index (κ1) is 18.0. The predicted octanol–water partition coefficient (Wildman–Crippen LogP) is 5.18. The lowest BCUT2D eigenvalue weighted by molar-refractivity contribution is 0.349. The van der Waals surface area contributed by atoms with Gasteiger partial charge in [0.1, 0.15) is 12.4 Å². The number of aryl methyl sites for hydroxylation is 2. The smallest absolute Gasteiger partial charge is 0.162 e. The number of allylic oxidation sites excluding steroid dienone is 2. The van der Waals surface area contributed by atoms with Crippen LogP contribution in [0.15, 0.2) is 52.3 Å². The molecule has 4 rings (SSSR count). The van der Waals surface area contributed by atoms with Crippen molar-refractivity contribution in [1.29, 1.82) is 0 Å². The molecule has 3 aliphatic rings. The molecule has 4 nitrogen and oxygen atoms in total. The number of para-hydroxylation sites is 1. The molecule has 1 aromatic rings. The van der Waals surface area contributed by atoms with Gasteiger partial charge in [-0.2, -0.15) is 5.10 Å². The third-order valence-electron chi connectivity index (χ3n) is 5.84. The Kier molecular flexibility index (Phi) is 5.42. The van der Waals surface area contributed by atoms with Gasteiger partial charge in [0.25, 0.3) is 0 Å². The number of benzene rings is 1. The summed E-state index contributed by atoms with van der Waals surface area (Å²) in [5, 5.41) is 9.26. The van der Waals surface area contributed by atoms with Crippen molar-refractivity contribution in [3.8, 4) is 5.75 Å². The van der Waals surface area contributed by atoms with Gasteiger partial charge < -0.3 is 9.64 Å². The van der Waals surface area contributed by atoms with Crippen molar-refractivity contribution in [3.05, 3.63) is 53.3 Å². The Morgan fingerprint density at radius 2 is 1.78 bits per heavy atom. The van der Waals surface area contributed by atoms with Gasteiger partial charge in [-0.25, -0.2) is 0 Å². The van der Waals surface area contributed by atoms with E-state index in [0.29, 0.717) is 12.5 Å². The molecule has 0 aromatic heterocycles. The second-order valence-corrected chi connectivity index (χ2v) is 7.87. The van der Waals surface area contributed by atoms with Crippen molar-refractivity contribution >= 4 is 11.5 Å². The van der Waals surface area contributed by atoms with Crippen molar-refractivity contribution in [2.75, 3.05) is 13.2 Å². The molecular formula is C23H29N3O. The first-order chi connectivity index (χ1) is 13.2. The maximum absolute atomic E-state index is 6.16. The van der Waals surface area contributed by atoms with Crippen LogP contribution in [0.3, 0.4) is 0 Å². The summed E-state index contributed by atoms with van der Waals surface area (Å²) in [5.74, 6) is 2.51. The number of hydrogen-bond acceptors (Lipinski definition) is 4. The van der Waals surface area contributed by atoms with Gasteiger partial charge in [0, 0.05) is 17.7 Å². The van der Waals surface area contributed by atoms with Crippen molar-refractivity contribution < 1.29 is 4.74 Å². The van der Waals surface area contributed by atoms with Crippen LogP contribution in [0.2, 0.25) is 0 Å². The van der Waals surface area contributed by atoms with Crippen LogP contribution in [0, 0.1) is 19.8 Å². The molecule has 2 aliphatic heterocycles. The highest BCUT2D eigenvalue weighted by atomic mass is 16.5. The van der Waals surface area contributed by atoms with Crippen molar-refractivity contribution in [1.82, 2.24) is 4.90 Å². The minimum absolute atomic E-state index is 0.514. The Balaban J connectivity index is 1.49. The summed E-state index contributed by atoms with van der Waals surface area (Å²) >= 11 is 0. The van der Waals surface area contributed by atoms with Gasteiger partial charge in [-0.1, -0.05) is 50.0 Å². The highest BCUT2D eigenvalue weighted by Gasteiger charge is 2.27. The summed E-state index contributed by atoms with van der Waals surface area (Å²) in [5.41, 5.74) is 4.67. The molecule has 4 heteroatoms. The molecule has 1 aromatic carbocycles. The molecule has 2 heterocycles. The van der Waals surface area contributed by atoms with Crippen molar-refractivity contribution in [2.45, 2.75) is 52.4 Å². The molecule has 0 amide bonds. The van der Waals surface area contributed by atoms with Gasteiger partial charge in [0.2, 0.25) is 0 Å². The molecule has 1 fully saturated rings. The van der Waals surface area contributed by atoms with E-state index in [-0.39, 0.29) is 0 Å². The molecule has 1 saturated carbocycles. The number of rotatable bonds is 4. The molecule has 0 unspecified atom stereocenters. The number of hydrogen-bond donors (Lipinski definition) is 0. The third-order valence-corrected chi connectivity index (χ3v) is 5.84. The maximum Gasteiger partial charge on any atom is 0.162 e. The minimum atomic E-state index is 0.514. The lowest BCUT2D eigenvalue weighted by atomic mass is 9.93. The van der Waals surface area contributed by atoms with E-state index in [9.17, 15) is 0 Å². The standard InChI is InChI=1S/C23H29N3O/c1-17-9-7-10-18(2)22(17)27-16-20-13-8-14-26-15-21(24-25-23(20)26)19-11-5-3-4-6-12-19/h7-10,13-14,19H,3-6,11-12,15-16H2,1-2H3. The summed E-state index contributed by atoms with van der Waals surface area (Å²) < 4.78 is 6.16. The van der Waals surface area contributed by atoms with Crippen LogP contribution in [-0.2, 0) is 0 Å². The molecule has 0 spiro atoms. The van der Waals surface area contributed by atoms with Crippen molar-refractivity contribution in [3.63, 3.8) is 0 Å². The largest absolute Gasteiger partial charge is 0.488 e. The molecule has 0 N–H and O–H groups in total. The minimum Gasteiger partial charge on any atom is -0.488 e. The molecule has 1 aliphatic carbocycles. The molecular weight excluding hydrogens is 334 g/mol. The van der Waals surface area contributed by atoms with Gasteiger partial charge >= 0.3 is 0 Å². The van der Waals surface area contributed by atoms with Gasteiger partial charge in [0.05, 0.1) is 12.3 Å². The van der Waals surface area contributed by atoms with Crippen LogP contribution in [0.5, 0.6) is 5.75 Å². The topological polar surface area (TPSA) is 37.2 Å². The third kappa shape index (κ3) is 4.00. The second kappa shape index (κ2) is 8.12. The Bertz CT molecular complexity index is 791. The Hall–Kier alpha value is -2.36. The summed E-state index contributed by atoms with van der Waals surface area (Å²) in [6, 6.07) is 6.24. The molecule has 27 heavy (non-hydrogen) atoms. The Morgan fingerprint density at radius 1 is 1.04 bits per heavy atom. The monoisotopic (exact) mass is 363 g/mol. The maximum atomic E-state index is 6.16. The van der Waals surface area contributed by atoms with E-state index in [1.807, 2.05) is 0 Å². The normalized spacial score (nSPS) is 20.4. The predicted molar refractivity (Wildman–Crippen MR) is 111 cm³/mol. The van der Waals surface area contributed by atoms with E-state index >= 15 is 0 Å². The number of ether oxygens (including phenoxy) is 1. The molecule has 0 bridgehead atoms. The van der Waals surface area contributed by atoms with E-state index in [1.165, 1.54) is 44.2 Å². The summed E-state index contributed by atoms with van der Waals surface area (Å²) in [6.07, 6.45) is 14.2. The SMILES string of the molecule is Cc1cccc(C)c1OCC1=CC=CN2CC(C3CCCCCC3)=NN=C12. The zero-order chi connectivity index (χ0) is 18.6. The molecule has 0 saturated heterocycles. The first-order valence-corrected chi connectivity index (χ1v) is 10.2. The lowest BCUT2D eigenvalue weighted by Crippen LogP contribution is -2.39. The zero-order valence-electron chi connectivity index (χ0n) is 16.4. The highest BCUT2D eigenvalue weighted by Crippen LogP contribution is 2.28. The van der Waals surface area contributed by atoms with Gasteiger partial charge in [-0.15, -0.1) is 5.10 Å². The average molecular weight is 364 g/mol. The summed E-state index contributed by atoms with van der Waals surface area (Å²) in [6.45, 7) is 5.55. The highest BCUT2D eigenvalue weighted by molar-refractivity contribution is 6.05. The van der Waals surface area contributed by atoms with Gasteiger partial charge in [-0.05, 0) is 43.9 Å². The van der Waals surface area contributed by atoms with E-state index in [1.54, 1.807) is 0 Å². The lowest BCUT2D eigenvalue weighted by Gasteiger charge is -2.31. The average Bonchev–Trinajstić information content (AvgIpc) is 2.97. The van der Waals surface area contributed by atoms with Crippen molar-refractivity contribution in [2.24, 2.45) is 16.1 Å². The van der Waals surface area contributed by atoms with E-state index in [4.69, 9.17) is 4.74 Å². The van der Waals surface area contributed by atoms with Crippen LogP contribution in [0.25, 0.3) is 0 Å². The van der Waals surface area contributed by atoms with Crippen LogP contribution < -0.4 is 4.74 Å². The van der Waals surface area contributed by atoms with E-state index in [0.717, 1.165) is 34.8 Å². The quantitative estimate of drug-likeness (QED) is 0.692. The van der Waals surface area contributed by atoms with Gasteiger partial charge in [-0.3, -0.25) is 0 Å². The van der Waals surface area contributed by atoms with Gasteiger partial charge in [0.15, 0.2) is 5.84 Å². The summed E-state index contributed by atoms with van der Waals surface area (Å²) in [7, 11) is 0. The number of amidine groups is 1. The van der Waals surface area contributed by atoms with Crippen LogP contribution >= 0.6 is 0 Å². The number of nitrogens with zero attached hydrogens (tertiary/aromatic N) is 3. The first-order valence-electron chi connectivity index (χ1n) is 10.2. The Morgan fingerprint density at radius 3 is 2.52 bits per heavy atom.